The zero-order chi connectivity index (χ0) is 13.9. The number of rotatable bonds is 10. The number of ether oxygens (including phenoxy) is 2. The van der Waals surface area contributed by atoms with E-state index in [1.807, 2.05) is 24.3 Å². The summed E-state index contributed by atoms with van der Waals surface area (Å²) in [5, 5.41) is 8.51. The summed E-state index contributed by atoms with van der Waals surface area (Å²) in [6, 6.07) is 7.68. The number of carbonyl (C=O) groups is 1. The first-order chi connectivity index (χ1) is 9.25. The monoisotopic (exact) mass is 266 g/mol. The summed E-state index contributed by atoms with van der Waals surface area (Å²) >= 11 is 0. The van der Waals surface area contributed by atoms with Crippen LogP contribution in [0.1, 0.15) is 29.3 Å². The second-order valence-corrected chi connectivity index (χ2v) is 4.27. The Balaban J connectivity index is 2.17. The minimum Gasteiger partial charge on any atom is -0.394 e. The molecule has 4 nitrogen and oxygen atoms in total. The number of aliphatic hydroxyl groups excluding tert-OH is 1. The van der Waals surface area contributed by atoms with Crippen LogP contribution in [0.3, 0.4) is 0 Å². The molecule has 0 amide bonds. The number of aryl methyl sites for hydroxylation is 1. The number of hydrogen-bond acceptors (Lipinski definition) is 4. The van der Waals surface area contributed by atoms with E-state index in [9.17, 15) is 4.79 Å². The maximum absolute atomic E-state index is 11.4. The van der Waals surface area contributed by atoms with Crippen LogP contribution in [0.5, 0.6) is 0 Å². The van der Waals surface area contributed by atoms with Gasteiger partial charge in [0.2, 0.25) is 0 Å². The van der Waals surface area contributed by atoms with Crippen molar-refractivity contribution in [3.05, 3.63) is 35.4 Å². The summed E-state index contributed by atoms with van der Waals surface area (Å²) in [5.41, 5.74) is 1.88. The van der Waals surface area contributed by atoms with Crippen LogP contribution >= 0.6 is 0 Å². The molecule has 0 bridgehead atoms. The smallest absolute Gasteiger partial charge is 0.160 e. The van der Waals surface area contributed by atoms with E-state index < -0.39 is 0 Å². The summed E-state index contributed by atoms with van der Waals surface area (Å²) < 4.78 is 10.5. The molecule has 1 aromatic carbocycles. The number of carbonyl (C=O) groups excluding carboxylic acids is 1. The second kappa shape index (κ2) is 9.67. The number of Topliss-reactive ketones (excluding diaryl/α,β-unsaturated/α-hetero) is 1. The largest absolute Gasteiger partial charge is 0.394 e. The van der Waals surface area contributed by atoms with Crippen molar-refractivity contribution in [3.8, 4) is 0 Å². The van der Waals surface area contributed by atoms with Crippen LogP contribution in [0, 0.1) is 0 Å². The highest BCUT2D eigenvalue weighted by molar-refractivity contribution is 5.95. The zero-order valence-corrected chi connectivity index (χ0v) is 11.4. The van der Waals surface area contributed by atoms with Gasteiger partial charge >= 0.3 is 0 Å². The van der Waals surface area contributed by atoms with Crippen molar-refractivity contribution in [1.82, 2.24) is 0 Å². The topological polar surface area (TPSA) is 55.8 Å². The number of ketones is 1. The molecule has 0 unspecified atom stereocenters. The van der Waals surface area contributed by atoms with Gasteiger partial charge in [0.15, 0.2) is 5.78 Å². The predicted octanol–water partition coefficient (Wildman–Crippen LogP) is 1.85. The van der Waals surface area contributed by atoms with Crippen LogP contribution in [-0.4, -0.2) is 43.9 Å². The van der Waals surface area contributed by atoms with Crippen molar-refractivity contribution in [3.63, 3.8) is 0 Å². The van der Waals surface area contributed by atoms with E-state index in [1.54, 1.807) is 6.92 Å². The predicted molar refractivity (Wildman–Crippen MR) is 73.5 cm³/mol. The Bertz CT molecular complexity index is 376. The van der Waals surface area contributed by atoms with E-state index in [0.29, 0.717) is 26.4 Å². The average molecular weight is 266 g/mol. The van der Waals surface area contributed by atoms with Gasteiger partial charge in [-0.05, 0) is 25.3 Å². The van der Waals surface area contributed by atoms with Crippen LogP contribution in [0.2, 0.25) is 0 Å². The molecule has 0 atom stereocenters. The van der Waals surface area contributed by atoms with Gasteiger partial charge in [0.1, 0.15) is 0 Å². The van der Waals surface area contributed by atoms with Gasteiger partial charge in [0, 0.05) is 12.2 Å². The molecule has 0 aliphatic carbocycles. The Morgan fingerprint density at radius 1 is 1.11 bits per heavy atom. The molecular weight excluding hydrogens is 244 g/mol. The standard InChI is InChI=1S/C15H22O4/c1-13(17)15-7-3-2-5-14(15)6-4-9-18-11-12-19-10-8-16/h2-3,5,7,16H,4,6,8-12H2,1H3. The average Bonchev–Trinajstić information content (AvgIpc) is 2.42. The second-order valence-electron chi connectivity index (χ2n) is 4.27. The first kappa shape index (κ1) is 15.8. The minimum atomic E-state index is 0.0435. The van der Waals surface area contributed by atoms with Crippen LogP contribution in [0.15, 0.2) is 24.3 Å². The third-order valence-electron chi connectivity index (χ3n) is 2.74. The van der Waals surface area contributed by atoms with Crippen molar-refractivity contribution in [2.45, 2.75) is 19.8 Å². The van der Waals surface area contributed by atoms with Crippen LogP contribution in [-0.2, 0) is 15.9 Å². The molecule has 0 saturated heterocycles. The molecule has 0 aliphatic rings. The third kappa shape index (κ3) is 6.47. The molecule has 1 rings (SSSR count). The first-order valence-corrected chi connectivity index (χ1v) is 6.61. The number of aliphatic hydroxyl groups is 1. The zero-order valence-electron chi connectivity index (χ0n) is 11.4. The fourth-order valence-electron chi connectivity index (χ4n) is 1.83. The van der Waals surface area contributed by atoms with E-state index in [0.717, 1.165) is 24.0 Å². The van der Waals surface area contributed by atoms with Gasteiger partial charge in [-0.25, -0.2) is 0 Å². The maximum atomic E-state index is 11.4. The maximum Gasteiger partial charge on any atom is 0.160 e. The molecule has 0 aromatic heterocycles. The lowest BCUT2D eigenvalue weighted by Gasteiger charge is -2.07. The Hall–Kier alpha value is -1.23. The Labute approximate surface area is 114 Å². The highest BCUT2D eigenvalue weighted by atomic mass is 16.5. The van der Waals surface area contributed by atoms with Crippen molar-refractivity contribution >= 4 is 5.78 Å². The van der Waals surface area contributed by atoms with E-state index in [4.69, 9.17) is 14.6 Å². The van der Waals surface area contributed by atoms with Crippen molar-refractivity contribution < 1.29 is 19.4 Å². The fourth-order valence-corrected chi connectivity index (χ4v) is 1.83. The molecule has 19 heavy (non-hydrogen) atoms. The number of hydrogen-bond donors (Lipinski definition) is 1. The Morgan fingerprint density at radius 2 is 1.79 bits per heavy atom. The van der Waals surface area contributed by atoms with Crippen LogP contribution in [0.4, 0.5) is 0 Å². The molecule has 0 radical (unpaired) electrons. The summed E-state index contributed by atoms with van der Waals surface area (Å²) in [6.45, 7) is 3.68. The van der Waals surface area contributed by atoms with Gasteiger partial charge in [0.25, 0.3) is 0 Å². The Kier molecular flexibility index (Phi) is 8.05. The molecule has 0 heterocycles. The third-order valence-corrected chi connectivity index (χ3v) is 2.74. The lowest BCUT2D eigenvalue weighted by Crippen LogP contribution is -2.08. The van der Waals surface area contributed by atoms with Gasteiger partial charge in [0.05, 0.1) is 26.4 Å². The van der Waals surface area contributed by atoms with Gasteiger partial charge in [-0.1, -0.05) is 24.3 Å². The van der Waals surface area contributed by atoms with E-state index >= 15 is 0 Å². The molecule has 0 saturated carbocycles. The normalized spacial score (nSPS) is 10.6. The van der Waals surface area contributed by atoms with Gasteiger partial charge < -0.3 is 14.6 Å². The van der Waals surface area contributed by atoms with Crippen molar-refractivity contribution in [2.24, 2.45) is 0 Å². The fraction of sp³-hybridized carbons (Fsp3) is 0.533. The lowest BCUT2D eigenvalue weighted by molar-refractivity contribution is 0.0326. The first-order valence-electron chi connectivity index (χ1n) is 6.61. The van der Waals surface area contributed by atoms with Gasteiger partial charge in [-0.2, -0.15) is 0 Å². The van der Waals surface area contributed by atoms with Crippen molar-refractivity contribution in [2.75, 3.05) is 33.0 Å². The van der Waals surface area contributed by atoms with Crippen LogP contribution in [0.25, 0.3) is 0 Å². The van der Waals surface area contributed by atoms with Crippen LogP contribution < -0.4 is 0 Å². The molecule has 106 valence electrons. The van der Waals surface area contributed by atoms with E-state index in [-0.39, 0.29) is 12.4 Å². The van der Waals surface area contributed by atoms with Gasteiger partial charge in [-0.3, -0.25) is 4.79 Å². The lowest BCUT2D eigenvalue weighted by atomic mass is 10.0. The molecular formula is C15H22O4. The summed E-state index contributed by atoms with van der Waals surface area (Å²) in [4.78, 5) is 11.4. The molecule has 0 fully saturated rings. The van der Waals surface area contributed by atoms with E-state index in [1.165, 1.54) is 0 Å². The molecule has 4 heteroatoms. The molecule has 0 spiro atoms. The summed E-state index contributed by atoms with van der Waals surface area (Å²) in [7, 11) is 0. The van der Waals surface area contributed by atoms with Crippen molar-refractivity contribution in [1.29, 1.82) is 0 Å². The Morgan fingerprint density at radius 3 is 2.47 bits per heavy atom. The molecule has 1 N–H and O–H groups in total. The highest BCUT2D eigenvalue weighted by Crippen LogP contribution is 2.11. The summed E-state index contributed by atoms with van der Waals surface area (Å²) in [5.74, 6) is 0.105. The number of benzene rings is 1. The van der Waals surface area contributed by atoms with Gasteiger partial charge in [-0.15, -0.1) is 0 Å². The minimum absolute atomic E-state index is 0.0435. The molecule has 1 aromatic rings. The molecule has 0 aliphatic heterocycles. The summed E-state index contributed by atoms with van der Waals surface area (Å²) in [6.07, 6.45) is 1.72. The van der Waals surface area contributed by atoms with E-state index in [2.05, 4.69) is 0 Å². The highest BCUT2D eigenvalue weighted by Gasteiger charge is 2.05. The SMILES string of the molecule is CC(=O)c1ccccc1CCCOCCOCCO. The quantitative estimate of drug-likeness (QED) is 0.518.